The van der Waals surface area contributed by atoms with Crippen LogP contribution in [0.25, 0.3) is 0 Å². The minimum absolute atomic E-state index is 0. The van der Waals surface area contributed by atoms with Gasteiger partial charge in [0.15, 0.2) is 12.6 Å². The lowest BCUT2D eigenvalue weighted by Gasteiger charge is -2.29. The van der Waals surface area contributed by atoms with E-state index >= 15 is 0 Å². The molecule has 1 aliphatic heterocycles. The van der Waals surface area contributed by atoms with Crippen LogP contribution in [0.2, 0.25) is 0 Å². The van der Waals surface area contributed by atoms with Gasteiger partial charge in [0.1, 0.15) is 5.75 Å². The van der Waals surface area contributed by atoms with Gasteiger partial charge < -0.3 is 20.3 Å². The van der Waals surface area contributed by atoms with Gasteiger partial charge in [-0.3, -0.25) is 4.79 Å². The SMILES string of the molecule is CCNC(=NCc1cccc(C)c1)NCCCN1C(=O)COc2ccccc21.I. The van der Waals surface area contributed by atoms with Crippen molar-refractivity contribution in [1.82, 2.24) is 10.6 Å². The van der Waals surface area contributed by atoms with Gasteiger partial charge in [-0.15, -0.1) is 24.0 Å². The molecule has 29 heavy (non-hydrogen) atoms. The number of benzene rings is 2. The van der Waals surface area contributed by atoms with Crippen molar-refractivity contribution in [3.05, 3.63) is 59.7 Å². The van der Waals surface area contributed by atoms with Crippen molar-refractivity contribution in [3.63, 3.8) is 0 Å². The number of nitrogens with zero attached hydrogens (tertiary/aromatic N) is 2. The fourth-order valence-electron chi connectivity index (χ4n) is 3.17. The van der Waals surface area contributed by atoms with E-state index in [0.717, 1.165) is 36.9 Å². The number of aliphatic imine (C=N–C) groups is 1. The van der Waals surface area contributed by atoms with E-state index in [-0.39, 0.29) is 36.5 Å². The number of guanidine groups is 1. The summed E-state index contributed by atoms with van der Waals surface area (Å²) >= 11 is 0. The molecule has 1 aliphatic rings. The van der Waals surface area contributed by atoms with E-state index < -0.39 is 0 Å². The number of fused-ring (bicyclic) bond motifs is 1. The average molecular weight is 508 g/mol. The number of para-hydroxylation sites is 2. The zero-order valence-electron chi connectivity index (χ0n) is 17.0. The lowest BCUT2D eigenvalue weighted by Crippen LogP contribution is -2.42. The van der Waals surface area contributed by atoms with Gasteiger partial charge in [-0.1, -0.05) is 42.0 Å². The Morgan fingerprint density at radius 2 is 2.00 bits per heavy atom. The normalized spacial score (nSPS) is 13.2. The highest BCUT2D eigenvalue weighted by Gasteiger charge is 2.24. The summed E-state index contributed by atoms with van der Waals surface area (Å²) in [7, 11) is 0. The smallest absolute Gasteiger partial charge is 0.265 e. The molecule has 7 heteroatoms. The minimum atomic E-state index is -0.00118. The fourth-order valence-corrected chi connectivity index (χ4v) is 3.17. The van der Waals surface area contributed by atoms with Crippen LogP contribution >= 0.6 is 24.0 Å². The first kappa shape index (κ1) is 23.0. The summed E-state index contributed by atoms with van der Waals surface area (Å²) in [4.78, 5) is 18.7. The number of anilines is 1. The van der Waals surface area contributed by atoms with Crippen molar-refractivity contribution in [2.45, 2.75) is 26.8 Å². The second kappa shape index (κ2) is 11.6. The van der Waals surface area contributed by atoms with Crippen molar-refractivity contribution in [3.8, 4) is 5.75 Å². The molecule has 2 aromatic rings. The Morgan fingerprint density at radius 1 is 1.17 bits per heavy atom. The Hall–Kier alpha value is -2.29. The standard InChI is InChI=1S/C22H28N4O2.HI/c1-3-23-22(25-15-18-9-6-8-17(2)14-18)24-12-7-13-26-19-10-4-5-11-20(19)28-16-21(26)27;/h4-6,8-11,14H,3,7,12-13,15-16H2,1-2H3,(H2,23,24,25);1H. The first-order valence-electron chi connectivity index (χ1n) is 9.77. The molecule has 0 aliphatic carbocycles. The number of ether oxygens (including phenoxy) is 1. The third kappa shape index (κ3) is 6.62. The topological polar surface area (TPSA) is 66.0 Å². The van der Waals surface area contributed by atoms with Crippen molar-refractivity contribution in [1.29, 1.82) is 0 Å². The summed E-state index contributed by atoms with van der Waals surface area (Å²) < 4.78 is 5.49. The largest absolute Gasteiger partial charge is 0.482 e. The van der Waals surface area contributed by atoms with Gasteiger partial charge in [-0.2, -0.15) is 0 Å². The highest BCUT2D eigenvalue weighted by molar-refractivity contribution is 14.0. The van der Waals surface area contributed by atoms with Crippen molar-refractivity contribution in [2.24, 2.45) is 4.99 Å². The van der Waals surface area contributed by atoms with Gasteiger partial charge in [0.05, 0.1) is 12.2 Å². The molecule has 0 bridgehead atoms. The lowest BCUT2D eigenvalue weighted by molar-refractivity contribution is -0.121. The van der Waals surface area contributed by atoms with E-state index in [9.17, 15) is 4.79 Å². The van der Waals surface area contributed by atoms with Gasteiger partial charge in [-0.25, -0.2) is 4.99 Å². The van der Waals surface area contributed by atoms with Crippen LogP contribution in [0.15, 0.2) is 53.5 Å². The minimum Gasteiger partial charge on any atom is -0.482 e. The quantitative estimate of drug-likeness (QED) is 0.260. The van der Waals surface area contributed by atoms with Crippen molar-refractivity contribution in [2.75, 3.05) is 31.1 Å². The van der Waals surface area contributed by atoms with Crippen LogP contribution in [-0.4, -0.2) is 38.1 Å². The average Bonchev–Trinajstić information content (AvgIpc) is 2.70. The Kier molecular flexibility index (Phi) is 9.24. The van der Waals surface area contributed by atoms with Crippen LogP contribution in [0.3, 0.4) is 0 Å². The summed E-state index contributed by atoms with van der Waals surface area (Å²) in [6.45, 7) is 7.04. The number of carbonyl (C=O) groups is 1. The number of rotatable bonds is 7. The van der Waals surface area contributed by atoms with E-state index in [4.69, 9.17) is 4.74 Å². The van der Waals surface area contributed by atoms with Crippen molar-refractivity contribution < 1.29 is 9.53 Å². The second-order valence-electron chi connectivity index (χ2n) is 6.77. The molecular formula is C22H29IN4O2. The molecule has 6 nitrogen and oxygen atoms in total. The second-order valence-corrected chi connectivity index (χ2v) is 6.77. The first-order valence-corrected chi connectivity index (χ1v) is 9.77. The number of nitrogens with one attached hydrogen (secondary N) is 2. The molecule has 2 aromatic carbocycles. The van der Waals surface area contributed by atoms with Crippen LogP contribution in [0.1, 0.15) is 24.5 Å². The third-order valence-corrected chi connectivity index (χ3v) is 4.51. The van der Waals surface area contributed by atoms with Crippen molar-refractivity contribution >= 4 is 41.5 Å². The molecule has 0 unspecified atom stereocenters. The Balaban J connectivity index is 0.00000300. The molecule has 0 saturated carbocycles. The highest BCUT2D eigenvalue weighted by Crippen LogP contribution is 2.31. The molecule has 0 radical (unpaired) electrons. The lowest BCUT2D eigenvalue weighted by atomic mass is 10.1. The summed E-state index contributed by atoms with van der Waals surface area (Å²) in [6.07, 6.45) is 0.814. The van der Waals surface area contributed by atoms with E-state index in [2.05, 4.69) is 46.8 Å². The molecule has 1 heterocycles. The Bertz CT molecular complexity index is 841. The summed E-state index contributed by atoms with van der Waals surface area (Å²) in [6, 6.07) is 16.0. The molecule has 0 fully saturated rings. The van der Waals surface area contributed by atoms with Gasteiger partial charge >= 0.3 is 0 Å². The molecule has 3 rings (SSSR count). The summed E-state index contributed by atoms with van der Waals surface area (Å²) in [5.74, 6) is 1.56. The summed E-state index contributed by atoms with van der Waals surface area (Å²) in [5.41, 5.74) is 3.27. The summed E-state index contributed by atoms with van der Waals surface area (Å²) in [5, 5.41) is 6.62. The van der Waals surface area contributed by atoms with Gasteiger partial charge in [0.25, 0.3) is 5.91 Å². The van der Waals surface area contributed by atoms with Gasteiger partial charge in [0, 0.05) is 19.6 Å². The van der Waals surface area contributed by atoms with E-state index in [1.165, 1.54) is 11.1 Å². The van der Waals surface area contributed by atoms with Crippen LogP contribution < -0.4 is 20.3 Å². The van der Waals surface area contributed by atoms with Crippen LogP contribution in [0.4, 0.5) is 5.69 Å². The monoisotopic (exact) mass is 508 g/mol. The number of hydrogen-bond donors (Lipinski definition) is 2. The maximum atomic E-state index is 12.2. The number of aryl methyl sites for hydroxylation is 1. The van der Waals surface area contributed by atoms with Gasteiger partial charge in [-0.05, 0) is 38.0 Å². The zero-order valence-corrected chi connectivity index (χ0v) is 19.3. The number of halogens is 1. The molecule has 2 N–H and O–H groups in total. The predicted molar refractivity (Wildman–Crippen MR) is 128 cm³/mol. The first-order chi connectivity index (χ1) is 13.7. The number of amides is 1. The number of hydrogen-bond acceptors (Lipinski definition) is 3. The molecule has 0 spiro atoms. The molecule has 0 aromatic heterocycles. The predicted octanol–water partition coefficient (Wildman–Crippen LogP) is 3.48. The maximum absolute atomic E-state index is 12.2. The molecular weight excluding hydrogens is 479 g/mol. The molecule has 0 saturated heterocycles. The maximum Gasteiger partial charge on any atom is 0.265 e. The molecule has 156 valence electrons. The van der Waals surface area contributed by atoms with Crippen LogP contribution in [0.5, 0.6) is 5.75 Å². The third-order valence-electron chi connectivity index (χ3n) is 4.51. The zero-order chi connectivity index (χ0) is 19.8. The van der Waals surface area contributed by atoms with E-state index in [0.29, 0.717) is 13.1 Å². The van der Waals surface area contributed by atoms with Crippen LogP contribution in [-0.2, 0) is 11.3 Å². The van der Waals surface area contributed by atoms with E-state index in [1.807, 2.05) is 31.2 Å². The molecule has 1 amide bonds. The molecule has 0 atom stereocenters. The van der Waals surface area contributed by atoms with Crippen LogP contribution in [0, 0.1) is 6.92 Å². The highest BCUT2D eigenvalue weighted by atomic mass is 127. The van der Waals surface area contributed by atoms with Gasteiger partial charge in [0.2, 0.25) is 0 Å². The fraction of sp³-hybridized carbons (Fsp3) is 0.364. The Morgan fingerprint density at radius 3 is 2.79 bits per heavy atom. The number of carbonyl (C=O) groups excluding carboxylic acids is 1. The van der Waals surface area contributed by atoms with E-state index in [1.54, 1.807) is 4.90 Å². The Labute approximate surface area is 189 Å².